The summed E-state index contributed by atoms with van der Waals surface area (Å²) in [7, 11) is 1.67. The predicted molar refractivity (Wildman–Crippen MR) is 105 cm³/mol. The summed E-state index contributed by atoms with van der Waals surface area (Å²) < 4.78 is 10.7. The molecular formula is C21H28N2O3. The largest absolute Gasteiger partial charge is 0.494 e. The van der Waals surface area contributed by atoms with Crippen molar-refractivity contribution in [3.8, 4) is 5.75 Å². The molecular weight excluding hydrogens is 328 g/mol. The number of carbonyl (C=O) groups is 1. The highest BCUT2D eigenvalue weighted by Crippen LogP contribution is 2.16. The van der Waals surface area contributed by atoms with Crippen LogP contribution in [0.1, 0.15) is 18.4 Å². The van der Waals surface area contributed by atoms with Crippen LogP contribution in [0.15, 0.2) is 54.6 Å². The number of amides is 1. The molecule has 5 nitrogen and oxygen atoms in total. The third-order valence-corrected chi connectivity index (χ3v) is 3.85. The Kier molecular flexibility index (Phi) is 9.25. The lowest BCUT2D eigenvalue weighted by Crippen LogP contribution is -2.29. The molecule has 0 heterocycles. The summed E-state index contributed by atoms with van der Waals surface area (Å²) in [5, 5.41) is 5.94. The van der Waals surface area contributed by atoms with E-state index in [1.165, 1.54) is 5.56 Å². The van der Waals surface area contributed by atoms with Gasteiger partial charge >= 0.3 is 0 Å². The Hall–Kier alpha value is -2.37. The molecule has 0 fully saturated rings. The Labute approximate surface area is 155 Å². The monoisotopic (exact) mass is 356 g/mol. The summed E-state index contributed by atoms with van der Waals surface area (Å²) in [6, 6.07) is 17.9. The lowest BCUT2D eigenvalue weighted by Gasteiger charge is -2.09. The van der Waals surface area contributed by atoms with Crippen LogP contribution >= 0.6 is 0 Å². The van der Waals surface area contributed by atoms with E-state index in [-0.39, 0.29) is 5.91 Å². The van der Waals surface area contributed by atoms with Gasteiger partial charge in [-0.2, -0.15) is 0 Å². The average molecular weight is 356 g/mol. The van der Waals surface area contributed by atoms with Crippen molar-refractivity contribution in [1.29, 1.82) is 0 Å². The van der Waals surface area contributed by atoms with Crippen LogP contribution in [-0.2, 0) is 16.0 Å². The molecule has 2 aromatic rings. The minimum absolute atomic E-state index is 0.0565. The van der Waals surface area contributed by atoms with Gasteiger partial charge in [0, 0.05) is 19.4 Å². The van der Waals surface area contributed by atoms with Crippen LogP contribution in [0.25, 0.3) is 0 Å². The van der Waals surface area contributed by atoms with E-state index in [2.05, 4.69) is 34.9 Å². The summed E-state index contributed by atoms with van der Waals surface area (Å²) in [6.45, 7) is 2.42. The molecule has 0 radical (unpaired) electrons. The number of carbonyl (C=O) groups excluding carboxylic acids is 1. The zero-order valence-corrected chi connectivity index (χ0v) is 15.4. The molecule has 0 spiro atoms. The van der Waals surface area contributed by atoms with E-state index in [0.717, 1.165) is 37.2 Å². The normalized spacial score (nSPS) is 10.5. The first-order valence-corrected chi connectivity index (χ1v) is 9.04. The summed E-state index contributed by atoms with van der Waals surface area (Å²) in [6.07, 6.45) is 2.86. The lowest BCUT2D eigenvalue weighted by atomic mass is 10.1. The molecule has 0 saturated carbocycles. The fraction of sp³-hybridized carbons (Fsp3) is 0.381. The van der Waals surface area contributed by atoms with Gasteiger partial charge in [0.1, 0.15) is 5.75 Å². The van der Waals surface area contributed by atoms with Crippen molar-refractivity contribution < 1.29 is 14.3 Å². The second-order valence-corrected chi connectivity index (χ2v) is 6.03. The topological polar surface area (TPSA) is 59.6 Å². The number of nitrogens with one attached hydrogen (secondary N) is 2. The molecule has 0 aliphatic carbocycles. The average Bonchev–Trinajstić information content (AvgIpc) is 2.67. The van der Waals surface area contributed by atoms with Gasteiger partial charge in [0.2, 0.25) is 5.91 Å². The first-order chi connectivity index (χ1) is 12.8. The number of hydrogen-bond donors (Lipinski definition) is 2. The number of hydrogen-bond acceptors (Lipinski definition) is 4. The maximum Gasteiger partial charge on any atom is 0.238 e. The van der Waals surface area contributed by atoms with Crippen LogP contribution in [0, 0.1) is 0 Å². The minimum atomic E-state index is -0.0565. The zero-order chi connectivity index (χ0) is 18.5. The van der Waals surface area contributed by atoms with E-state index < -0.39 is 0 Å². The van der Waals surface area contributed by atoms with E-state index in [9.17, 15) is 4.79 Å². The van der Waals surface area contributed by atoms with Gasteiger partial charge in [-0.3, -0.25) is 4.79 Å². The van der Waals surface area contributed by atoms with Gasteiger partial charge < -0.3 is 20.1 Å². The van der Waals surface area contributed by atoms with Crippen molar-refractivity contribution in [3.63, 3.8) is 0 Å². The SMILES string of the molecule is COCCCNCC(=O)Nc1ccc(OCCCc2ccccc2)cc1. The van der Waals surface area contributed by atoms with Crippen LogP contribution in [0.5, 0.6) is 5.75 Å². The molecule has 1 amide bonds. The summed E-state index contributed by atoms with van der Waals surface area (Å²) in [5.74, 6) is 0.757. The Morgan fingerprint density at radius 2 is 1.73 bits per heavy atom. The van der Waals surface area contributed by atoms with Crippen LogP contribution in [0.4, 0.5) is 5.69 Å². The van der Waals surface area contributed by atoms with E-state index in [0.29, 0.717) is 19.8 Å². The van der Waals surface area contributed by atoms with Crippen LogP contribution in [0.3, 0.4) is 0 Å². The maximum atomic E-state index is 11.8. The Morgan fingerprint density at radius 1 is 0.962 bits per heavy atom. The second kappa shape index (κ2) is 12.1. The number of anilines is 1. The number of rotatable bonds is 12. The second-order valence-electron chi connectivity index (χ2n) is 6.03. The summed E-state index contributed by atoms with van der Waals surface area (Å²) in [5.41, 5.74) is 2.09. The third-order valence-electron chi connectivity index (χ3n) is 3.85. The quantitative estimate of drug-likeness (QED) is 0.573. The van der Waals surface area contributed by atoms with Crippen LogP contribution in [0.2, 0.25) is 0 Å². The van der Waals surface area contributed by atoms with Crippen molar-refractivity contribution in [2.24, 2.45) is 0 Å². The van der Waals surface area contributed by atoms with Gasteiger partial charge in [-0.15, -0.1) is 0 Å². The van der Waals surface area contributed by atoms with Crippen molar-refractivity contribution >= 4 is 11.6 Å². The zero-order valence-electron chi connectivity index (χ0n) is 15.4. The number of methoxy groups -OCH3 is 1. The standard InChI is InChI=1S/C21H28N2O3/c1-25-15-6-14-22-17-21(24)23-19-10-12-20(13-11-19)26-16-5-9-18-7-3-2-4-8-18/h2-4,7-8,10-13,22H,5-6,9,14-17H2,1H3,(H,23,24). The van der Waals surface area contributed by atoms with Crippen LogP contribution in [-0.4, -0.2) is 39.3 Å². The van der Waals surface area contributed by atoms with Gasteiger partial charge in [-0.05, 0) is 55.6 Å². The summed E-state index contributed by atoms with van der Waals surface area (Å²) >= 11 is 0. The molecule has 26 heavy (non-hydrogen) atoms. The molecule has 0 saturated heterocycles. The molecule has 2 N–H and O–H groups in total. The molecule has 0 bridgehead atoms. The first kappa shape index (κ1) is 19.9. The third kappa shape index (κ3) is 8.14. The van der Waals surface area contributed by atoms with Gasteiger partial charge in [-0.25, -0.2) is 0 Å². The number of benzene rings is 2. The maximum absolute atomic E-state index is 11.8. The Bertz CT molecular complexity index is 629. The number of ether oxygens (including phenoxy) is 2. The molecule has 140 valence electrons. The molecule has 2 rings (SSSR count). The molecule has 2 aromatic carbocycles. The van der Waals surface area contributed by atoms with Crippen molar-refractivity contribution in [3.05, 3.63) is 60.2 Å². The Balaban J connectivity index is 1.62. The number of aryl methyl sites for hydroxylation is 1. The first-order valence-electron chi connectivity index (χ1n) is 9.04. The van der Waals surface area contributed by atoms with Crippen molar-refractivity contribution in [2.45, 2.75) is 19.3 Å². The van der Waals surface area contributed by atoms with Crippen molar-refractivity contribution in [2.75, 3.05) is 38.7 Å². The van der Waals surface area contributed by atoms with E-state index in [1.807, 2.05) is 30.3 Å². The summed E-state index contributed by atoms with van der Waals surface area (Å²) in [4.78, 5) is 11.8. The van der Waals surface area contributed by atoms with Crippen LogP contribution < -0.4 is 15.4 Å². The molecule has 0 aromatic heterocycles. The molecule has 5 heteroatoms. The highest BCUT2D eigenvalue weighted by molar-refractivity contribution is 5.92. The predicted octanol–water partition coefficient (Wildman–Crippen LogP) is 3.26. The highest BCUT2D eigenvalue weighted by atomic mass is 16.5. The van der Waals surface area contributed by atoms with E-state index in [4.69, 9.17) is 9.47 Å². The highest BCUT2D eigenvalue weighted by Gasteiger charge is 2.02. The molecule has 0 aliphatic rings. The Morgan fingerprint density at radius 3 is 2.46 bits per heavy atom. The van der Waals surface area contributed by atoms with Gasteiger partial charge in [0.15, 0.2) is 0 Å². The fourth-order valence-electron chi connectivity index (χ4n) is 2.49. The minimum Gasteiger partial charge on any atom is -0.494 e. The van der Waals surface area contributed by atoms with E-state index >= 15 is 0 Å². The van der Waals surface area contributed by atoms with Gasteiger partial charge in [-0.1, -0.05) is 30.3 Å². The van der Waals surface area contributed by atoms with E-state index in [1.54, 1.807) is 7.11 Å². The van der Waals surface area contributed by atoms with Gasteiger partial charge in [0.25, 0.3) is 0 Å². The smallest absolute Gasteiger partial charge is 0.238 e. The lowest BCUT2D eigenvalue weighted by molar-refractivity contribution is -0.115. The molecule has 0 unspecified atom stereocenters. The molecule has 0 atom stereocenters. The van der Waals surface area contributed by atoms with Crippen molar-refractivity contribution in [1.82, 2.24) is 5.32 Å². The fourth-order valence-corrected chi connectivity index (χ4v) is 2.49. The molecule has 0 aliphatic heterocycles. The van der Waals surface area contributed by atoms with Gasteiger partial charge in [0.05, 0.1) is 13.2 Å².